The summed E-state index contributed by atoms with van der Waals surface area (Å²) in [4.78, 5) is 22.6. The summed E-state index contributed by atoms with van der Waals surface area (Å²) in [5.74, 6) is 0. The van der Waals surface area contributed by atoms with Crippen LogP contribution < -0.4 is 10.2 Å². The van der Waals surface area contributed by atoms with E-state index in [-0.39, 0.29) is 12.6 Å². The number of urea groups is 1. The largest absolute Gasteiger partial charge is 0.330 e. The van der Waals surface area contributed by atoms with Gasteiger partial charge in [0.2, 0.25) is 6.29 Å². The molecular formula is C8H9N2O2S. The van der Waals surface area contributed by atoms with Gasteiger partial charge >= 0.3 is 6.03 Å². The van der Waals surface area contributed by atoms with Crippen molar-refractivity contribution in [1.82, 2.24) is 5.32 Å². The first kappa shape index (κ1) is 9.73. The van der Waals surface area contributed by atoms with Crippen LogP contribution in [0.4, 0.5) is 9.80 Å². The highest BCUT2D eigenvalue weighted by Gasteiger charge is 2.09. The van der Waals surface area contributed by atoms with Crippen LogP contribution in [0.25, 0.3) is 0 Å². The molecule has 1 N–H and O–H groups in total. The highest BCUT2D eigenvalue weighted by molar-refractivity contribution is 7.14. The first-order valence-corrected chi connectivity index (χ1v) is 4.53. The third-order valence-electron chi connectivity index (χ3n) is 1.45. The van der Waals surface area contributed by atoms with Gasteiger partial charge in [-0.1, -0.05) is 0 Å². The number of nitrogens with one attached hydrogen (secondary N) is 1. The summed E-state index contributed by atoms with van der Waals surface area (Å²) in [6.07, 6.45) is 1.59. The normalized spacial score (nSPS) is 9.31. The number of amides is 2. The number of carbonyl (C=O) groups excluding carboxylic acids is 2. The maximum Gasteiger partial charge on any atom is 0.322 e. The average Bonchev–Trinajstić information content (AvgIpc) is 2.65. The third kappa shape index (κ3) is 2.55. The van der Waals surface area contributed by atoms with Crippen LogP contribution >= 0.6 is 11.3 Å². The summed E-state index contributed by atoms with van der Waals surface area (Å²) in [6, 6.07) is 3.38. The lowest BCUT2D eigenvalue weighted by atomic mass is 10.6. The molecule has 1 heterocycles. The van der Waals surface area contributed by atoms with E-state index in [9.17, 15) is 9.59 Å². The fourth-order valence-electron chi connectivity index (χ4n) is 0.791. The molecule has 0 spiro atoms. The van der Waals surface area contributed by atoms with Crippen LogP contribution in [-0.4, -0.2) is 25.9 Å². The number of hydrogen-bond acceptors (Lipinski definition) is 3. The molecule has 13 heavy (non-hydrogen) atoms. The van der Waals surface area contributed by atoms with E-state index in [1.807, 2.05) is 17.5 Å². The quantitative estimate of drug-likeness (QED) is 0.786. The summed E-state index contributed by atoms with van der Waals surface area (Å²) in [5.41, 5.74) is 0. The molecule has 2 amide bonds. The number of nitrogens with zero attached hydrogens (tertiary/aromatic N) is 1. The molecule has 0 aromatic carbocycles. The Morgan fingerprint density at radius 1 is 1.77 bits per heavy atom. The van der Waals surface area contributed by atoms with Crippen molar-refractivity contribution in [1.29, 1.82) is 0 Å². The predicted octanol–water partition coefficient (Wildman–Crippen LogP) is 1.00. The Morgan fingerprint density at radius 3 is 3.08 bits per heavy atom. The molecule has 0 saturated carbocycles. The molecule has 0 atom stereocenters. The van der Waals surface area contributed by atoms with Crippen LogP contribution in [0.2, 0.25) is 0 Å². The molecule has 0 aliphatic carbocycles. The third-order valence-corrected chi connectivity index (χ3v) is 2.40. The van der Waals surface area contributed by atoms with E-state index in [0.29, 0.717) is 0 Å². The second kappa shape index (κ2) is 4.61. The van der Waals surface area contributed by atoms with Gasteiger partial charge in [0.05, 0.1) is 11.5 Å². The van der Waals surface area contributed by atoms with Gasteiger partial charge in [0, 0.05) is 7.05 Å². The van der Waals surface area contributed by atoms with Crippen molar-refractivity contribution in [2.24, 2.45) is 0 Å². The van der Waals surface area contributed by atoms with Crippen LogP contribution in [0.15, 0.2) is 17.5 Å². The Kier molecular flexibility index (Phi) is 3.45. The zero-order valence-electron chi connectivity index (χ0n) is 7.11. The van der Waals surface area contributed by atoms with Crippen molar-refractivity contribution < 1.29 is 9.59 Å². The summed E-state index contributed by atoms with van der Waals surface area (Å²) in [7, 11) is 1.64. The Labute approximate surface area is 80.2 Å². The number of anilines is 1. The first-order valence-electron chi connectivity index (χ1n) is 3.65. The van der Waals surface area contributed by atoms with E-state index < -0.39 is 0 Å². The van der Waals surface area contributed by atoms with Crippen LogP contribution in [0.3, 0.4) is 0 Å². The summed E-state index contributed by atoms with van der Waals surface area (Å²) < 4.78 is 0. The lowest BCUT2D eigenvalue weighted by molar-refractivity contribution is 0.248. The maximum atomic E-state index is 11.2. The van der Waals surface area contributed by atoms with E-state index in [2.05, 4.69) is 5.32 Å². The first-order chi connectivity index (χ1) is 6.25. The minimum atomic E-state index is -0.300. The molecule has 1 aromatic heterocycles. The predicted molar refractivity (Wildman–Crippen MR) is 51.8 cm³/mol. The fourth-order valence-corrected chi connectivity index (χ4v) is 1.49. The number of rotatable bonds is 3. The number of thiophene rings is 1. The Morgan fingerprint density at radius 2 is 2.54 bits per heavy atom. The van der Waals surface area contributed by atoms with Gasteiger partial charge in [0.15, 0.2) is 0 Å². The number of hydrogen-bond donors (Lipinski definition) is 1. The van der Waals surface area contributed by atoms with Crippen LogP contribution in [-0.2, 0) is 4.79 Å². The second-order valence-corrected chi connectivity index (χ2v) is 3.24. The van der Waals surface area contributed by atoms with Crippen molar-refractivity contribution in [3.63, 3.8) is 0 Å². The molecule has 1 rings (SSSR count). The van der Waals surface area contributed by atoms with Gasteiger partial charge in [0.1, 0.15) is 0 Å². The molecule has 0 unspecified atom stereocenters. The second-order valence-electron chi connectivity index (χ2n) is 2.31. The molecule has 0 bridgehead atoms. The van der Waals surface area contributed by atoms with Gasteiger partial charge in [-0.25, -0.2) is 4.79 Å². The lowest BCUT2D eigenvalue weighted by Crippen LogP contribution is -2.37. The molecule has 0 saturated heterocycles. The van der Waals surface area contributed by atoms with Crippen LogP contribution in [0.5, 0.6) is 0 Å². The summed E-state index contributed by atoms with van der Waals surface area (Å²) >= 11 is 1.46. The molecular weight excluding hydrogens is 188 g/mol. The minimum Gasteiger partial charge on any atom is -0.330 e. The van der Waals surface area contributed by atoms with E-state index in [1.165, 1.54) is 16.2 Å². The van der Waals surface area contributed by atoms with E-state index >= 15 is 0 Å². The molecule has 4 nitrogen and oxygen atoms in total. The highest BCUT2D eigenvalue weighted by Crippen LogP contribution is 2.19. The van der Waals surface area contributed by atoms with Gasteiger partial charge in [0.25, 0.3) is 0 Å². The molecule has 0 aliphatic heterocycles. The van der Waals surface area contributed by atoms with Crippen molar-refractivity contribution in [2.45, 2.75) is 0 Å². The van der Waals surface area contributed by atoms with E-state index in [0.717, 1.165) is 5.00 Å². The van der Waals surface area contributed by atoms with Gasteiger partial charge < -0.3 is 5.32 Å². The Bertz CT molecular complexity index is 284. The minimum absolute atomic E-state index is 0.0749. The Balaban J connectivity index is 2.52. The van der Waals surface area contributed by atoms with Crippen molar-refractivity contribution in [2.75, 3.05) is 18.5 Å². The highest BCUT2D eigenvalue weighted by atomic mass is 32.1. The average molecular weight is 197 g/mol. The number of carbonyl (C=O) groups is 1. The molecule has 0 aliphatic rings. The maximum absolute atomic E-state index is 11.2. The van der Waals surface area contributed by atoms with E-state index in [1.54, 1.807) is 13.3 Å². The van der Waals surface area contributed by atoms with Crippen LogP contribution in [0.1, 0.15) is 0 Å². The SMILES string of the molecule is CN(C(=O)NC[C]=O)c1cccs1. The van der Waals surface area contributed by atoms with E-state index in [4.69, 9.17) is 0 Å². The molecule has 1 aromatic rings. The topological polar surface area (TPSA) is 49.4 Å². The zero-order valence-corrected chi connectivity index (χ0v) is 7.93. The van der Waals surface area contributed by atoms with Gasteiger partial charge in [-0.2, -0.15) is 0 Å². The Hall–Kier alpha value is -1.36. The van der Waals surface area contributed by atoms with Crippen molar-refractivity contribution >= 4 is 28.7 Å². The van der Waals surface area contributed by atoms with Gasteiger partial charge in [-0.05, 0) is 17.5 Å². The molecule has 5 heteroatoms. The fraction of sp³-hybridized carbons (Fsp3) is 0.250. The summed E-state index contributed by atoms with van der Waals surface area (Å²) in [5, 5.41) is 5.11. The molecule has 1 radical (unpaired) electrons. The summed E-state index contributed by atoms with van der Waals surface area (Å²) in [6.45, 7) is -0.0749. The van der Waals surface area contributed by atoms with Gasteiger partial charge in [-0.3, -0.25) is 9.69 Å². The molecule has 0 fully saturated rings. The smallest absolute Gasteiger partial charge is 0.322 e. The molecule has 69 valence electrons. The zero-order chi connectivity index (χ0) is 9.68. The lowest BCUT2D eigenvalue weighted by Gasteiger charge is -2.14. The van der Waals surface area contributed by atoms with Crippen molar-refractivity contribution in [3.05, 3.63) is 17.5 Å². The standard InChI is InChI=1S/C8H9N2O2S/c1-10(7-3-2-6-13-7)8(12)9-4-5-11/h2-3,6H,4H2,1H3,(H,9,12). The van der Waals surface area contributed by atoms with Crippen molar-refractivity contribution in [3.8, 4) is 0 Å². The monoisotopic (exact) mass is 197 g/mol. The van der Waals surface area contributed by atoms with Gasteiger partial charge in [-0.15, -0.1) is 11.3 Å². The van der Waals surface area contributed by atoms with Crippen LogP contribution in [0, 0.1) is 0 Å².